The summed E-state index contributed by atoms with van der Waals surface area (Å²) in [6.45, 7) is 10.6. The summed E-state index contributed by atoms with van der Waals surface area (Å²) in [4.78, 5) is 72.2. The predicted molar refractivity (Wildman–Crippen MR) is 203 cm³/mol. The van der Waals surface area contributed by atoms with Gasteiger partial charge in [0, 0.05) is 44.6 Å². The standard InChI is InChI=1S/C41H54O15/c1-7-10-36(42)51-28(4)19-22-48-39(45)54-33-17-15-31(16-18-33)13-14-32-25-34(55-40(46)49-23-20-29(5)52-37(43)11-8-2)27-35(26-32)56-41(47)50-24-21-30(6)53-38(44)12-9-3/h13-18,25-30H,7-12,19-24H2,1-6H3/b14-13+. The van der Waals surface area contributed by atoms with Crippen molar-refractivity contribution in [3.05, 3.63) is 53.6 Å². The molecule has 2 aromatic rings. The minimum absolute atomic E-state index is 0.00499. The number of benzene rings is 2. The van der Waals surface area contributed by atoms with Gasteiger partial charge in [0.1, 0.15) is 35.6 Å². The summed E-state index contributed by atoms with van der Waals surface area (Å²) in [6.07, 6.45) is 2.81. The molecule has 308 valence electrons. The summed E-state index contributed by atoms with van der Waals surface area (Å²) in [5.41, 5.74) is 1.16. The number of carbonyl (C=O) groups is 6. The molecule has 15 nitrogen and oxygen atoms in total. The SMILES string of the molecule is CCCC(=O)OC(C)CCOC(=O)Oc1ccc(/C=C/c2cc(OC(=O)OCCC(C)OC(=O)CCC)cc(OC(=O)OCCC(C)OC(=O)CCC)c2)cc1. The molecule has 0 N–H and O–H groups in total. The summed E-state index contributed by atoms with van der Waals surface area (Å²) >= 11 is 0. The molecule has 0 aliphatic heterocycles. The van der Waals surface area contributed by atoms with Gasteiger partial charge in [-0.2, -0.15) is 0 Å². The Hall–Kier alpha value is -5.60. The van der Waals surface area contributed by atoms with E-state index in [-0.39, 0.29) is 67.8 Å². The number of carbonyl (C=O) groups excluding carboxylic acids is 6. The average molecular weight is 787 g/mol. The molecule has 0 saturated heterocycles. The Labute approximate surface area is 327 Å². The molecule has 0 spiro atoms. The van der Waals surface area contributed by atoms with Crippen LogP contribution in [0.4, 0.5) is 14.4 Å². The number of rotatable bonds is 23. The highest BCUT2D eigenvalue weighted by Crippen LogP contribution is 2.26. The van der Waals surface area contributed by atoms with Gasteiger partial charge in [0.15, 0.2) is 0 Å². The molecule has 2 aromatic carbocycles. The Bertz CT molecular complexity index is 1520. The third kappa shape index (κ3) is 20.7. The summed E-state index contributed by atoms with van der Waals surface area (Å²) < 4.78 is 47.0. The number of ether oxygens (including phenoxy) is 9. The predicted octanol–water partition coefficient (Wildman–Crippen LogP) is 8.77. The molecule has 15 heteroatoms. The van der Waals surface area contributed by atoms with Crippen LogP contribution in [-0.2, 0) is 42.8 Å². The minimum Gasteiger partial charge on any atom is -0.463 e. The molecular formula is C41H54O15. The molecule has 0 bridgehead atoms. The lowest BCUT2D eigenvalue weighted by molar-refractivity contribution is -0.149. The lowest BCUT2D eigenvalue weighted by Crippen LogP contribution is -2.19. The van der Waals surface area contributed by atoms with Crippen LogP contribution in [0.15, 0.2) is 42.5 Å². The van der Waals surface area contributed by atoms with Gasteiger partial charge >= 0.3 is 36.4 Å². The zero-order valence-electron chi connectivity index (χ0n) is 33.0. The normalized spacial score (nSPS) is 12.4. The minimum atomic E-state index is -1.03. The van der Waals surface area contributed by atoms with Crippen LogP contribution in [0, 0.1) is 0 Å². The third-order valence-corrected chi connectivity index (χ3v) is 7.45. The van der Waals surface area contributed by atoms with E-state index in [0.29, 0.717) is 56.1 Å². The van der Waals surface area contributed by atoms with E-state index in [1.165, 1.54) is 18.2 Å². The summed E-state index contributed by atoms with van der Waals surface area (Å²) in [6, 6.07) is 10.8. The van der Waals surface area contributed by atoms with Crippen LogP contribution >= 0.6 is 0 Å². The molecule has 56 heavy (non-hydrogen) atoms. The fourth-order valence-electron chi connectivity index (χ4n) is 4.59. The van der Waals surface area contributed by atoms with Crippen LogP contribution < -0.4 is 14.2 Å². The van der Waals surface area contributed by atoms with Crippen molar-refractivity contribution in [3.63, 3.8) is 0 Å². The Balaban J connectivity index is 2.05. The molecule has 0 aliphatic rings. The van der Waals surface area contributed by atoms with E-state index in [9.17, 15) is 28.8 Å². The van der Waals surface area contributed by atoms with Gasteiger partial charge in [-0.1, -0.05) is 45.1 Å². The highest BCUT2D eigenvalue weighted by Gasteiger charge is 2.16. The second-order valence-electron chi connectivity index (χ2n) is 12.8. The molecular weight excluding hydrogens is 732 g/mol. The van der Waals surface area contributed by atoms with Gasteiger partial charge in [-0.05, 0) is 75.4 Å². The van der Waals surface area contributed by atoms with Crippen LogP contribution in [0.1, 0.15) is 110 Å². The van der Waals surface area contributed by atoms with Gasteiger partial charge in [-0.15, -0.1) is 0 Å². The van der Waals surface area contributed by atoms with Gasteiger partial charge < -0.3 is 42.6 Å². The number of esters is 3. The Morgan fingerprint density at radius 2 is 0.821 bits per heavy atom. The van der Waals surface area contributed by atoms with E-state index in [4.69, 9.17) is 42.6 Å². The zero-order valence-corrected chi connectivity index (χ0v) is 33.0. The second-order valence-corrected chi connectivity index (χ2v) is 12.8. The summed E-state index contributed by atoms with van der Waals surface area (Å²) in [5, 5.41) is 0. The van der Waals surface area contributed by atoms with E-state index in [1.54, 1.807) is 57.2 Å². The number of hydrogen-bond acceptors (Lipinski definition) is 15. The molecule has 0 fully saturated rings. The van der Waals surface area contributed by atoms with Crippen LogP contribution in [0.5, 0.6) is 17.2 Å². The molecule has 0 aliphatic carbocycles. The average Bonchev–Trinajstić information content (AvgIpc) is 3.11. The zero-order chi connectivity index (χ0) is 41.3. The maximum Gasteiger partial charge on any atom is 0.513 e. The van der Waals surface area contributed by atoms with E-state index in [1.807, 2.05) is 20.8 Å². The Morgan fingerprint density at radius 3 is 1.18 bits per heavy atom. The molecule has 0 saturated carbocycles. The molecule has 3 atom stereocenters. The highest BCUT2D eigenvalue weighted by atomic mass is 16.7. The lowest BCUT2D eigenvalue weighted by atomic mass is 10.1. The maximum absolute atomic E-state index is 12.5. The molecule has 0 radical (unpaired) electrons. The summed E-state index contributed by atoms with van der Waals surface area (Å²) in [7, 11) is 0. The van der Waals surface area contributed by atoms with Crippen molar-refractivity contribution in [1.29, 1.82) is 0 Å². The van der Waals surface area contributed by atoms with Gasteiger partial charge in [-0.25, -0.2) is 14.4 Å². The molecule has 0 heterocycles. The van der Waals surface area contributed by atoms with E-state index < -0.39 is 36.8 Å². The molecule has 0 aromatic heterocycles. The lowest BCUT2D eigenvalue weighted by Gasteiger charge is -2.14. The first-order chi connectivity index (χ1) is 26.8. The monoisotopic (exact) mass is 786 g/mol. The van der Waals surface area contributed by atoms with Crippen LogP contribution in [0.25, 0.3) is 12.2 Å². The molecule has 0 amide bonds. The van der Waals surface area contributed by atoms with Crippen LogP contribution in [0.2, 0.25) is 0 Å². The molecule has 3 unspecified atom stereocenters. The van der Waals surface area contributed by atoms with Gasteiger partial charge in [0.2, 0.25) is 0 Å². The second kappa shape index (κ2) is 26.2. The Morgan fingerprint density at radius 1 is 0.482 bits per heavy atom. The van der Waals surface area contributed by atoms with Crippen molar-refractivity contribution in [2.24, 2.45) is 0 Å². The molecule has 2 rings (SSSR count). The maximum atomic E-state index is 12.5. The van der Waals surface area contributed by atoms with Crippen molar-refractivity contribution in [2.75, 3.05) is 19.8 Å². The van der Waals surface area contributed by atoms with Gasteiger partial charge in [-0.3, -0.25) is 14.4 Å². The van der Waals surface area contributed by atoms with E-state index in [2.05, 4.69) is 0 Å². The van der Waals surface area contributed by atoms with Gasteiger partial charge in [0.25, 0.3) is 0 Å². The van der Waals surface area contributed by atoms with Crippen molar-refractivity contribution < 1.29 is 71.4 Å². The Kier molecular flexibility index (Phi) is 21.8. The fourth-order valence-corrected chi connectivity index (χ4v) is 4.59. The van der Waals surface area contributed by atoms with Crippen LogP contribution in [-0.4, -0.2) is 74.5 Å². The first-order valence-corrected chi connectivity index (χ1v) is 18.9. The first-order valence-electron chi connectivity index (χ1n) is 18.9. The first kappa shape index (κ1) is 46.6. The van der Waals surface area contributed by atoms with Crippen molar-refractivity contribution in [1.82, 2.24) is 0 Å². The third-order valence-electron chi connectivity index (χ3n) is 7.45. The smallest absolute Gasteiger partial charge is 0.463 e. The van der Waals surface area contributed by atoms with Gasteiger partial charge in [0.05, 0.1) is 19.8 Å². The van der Waals surface area contributed by atoms with Crippen molar-refractivity contribution >= 4 is 48.5 Å². The van der Waals surface area contributed by atoms with E-state index >= 15 is 0 Å². The topological polar surface area (TPSA) is 185 Å². The summed E-state index contributed by atoms with van der Waals surface area (Å²) in [5.74, 6) is -0.746. The largest absolute Gasteiger partial charge is 0.513 e. The van der Waals surface area contributed by atoms with Crippen molar-refractivity contribution in [3.8, 4) is 17.2 Å². The van der Waals surface area contributed by atoms with E-state index in [0.717, 1.165) is 0 Å². The fraction of sp³-hybridized carbons (Fsp3) is 0.512. The van der Waals surface area contributed by atoms with Crippen LogP contribution in [0.3, 0.4) is 0 Å². The number of hydrogen-bond donors (Lipinski definition) is 0. The highest BCUT2D eigenvalue weighted by molar-refractivity contribution is 5.74. The quantitative estimate of drug-likeness (QED) is 0.0450. The van der Waals surface area contributed by atoms with Crippen molar-refractivity contribution in [2.45, 2.75) is 118 Å².